The van der Waals surface area contributed by atoms with Gasteiger partial charge in [0.1, 0.15) is 5.82 Å². The first-order chi connectivity index (χ1) is 22.6. The van der Waals surface area contributed by atoms with E-state index in [4.69, 9.17) is 4.98 Å². The summed E-state index contributed by atoms with van der Waals surface area (Å²) in [6.07, 6.45) is 3.16. The largest absolute Gasteiger partial charge is 0.311 e. The monoisotopic (exact) mass is 629 g/mol. The van der Waals surface area contributed by atoms with E-state index >= 15 is 0 Å². The Morgan fingerprint density at radius 3 is 1.92 bits per heavy atom. The molecule has 1 aromatic heterocycles. The fourth-order valence-electron chi connectivity index (χ4n) is 8.98. The third-order valence-corrected chi connectivity index (χ3v) is 11.2. The number of nitrogens with zero attached hydrogens (tertiary/aromatic N) is 3. The first-order valence-electron chi connectivity index (χ1n) is 17.6. The molecular formula is C44H48BN3. The average Bonchev–Trinajstić information content (AvgIpc) is 3.22. The van der Waals surface area contributed by atoms with E-state index in [0.29, 0.717) is 0 Å². The van der Waals surface area contributed by atoms with E-state index in [0.717, 1.165) is 17.9 Å². The highest BCUT2D eigenvalue weighted by atomic mass is 15.2. The maximum absolute atomic E-state index is 5.21. The quantitative estimate of drug-likeness (QED) is 0.178. The summed E-state index contributed by atoms with van der Waals surface area (Å²) >= 11 is 0. The number of hydrogen-bond acceptors (Lipinski definition) is 3. The molecule has 0 radical (unpaired) electrons. The molecule has 3 heterocycles. The van der Waals surface area contributed by atoms with Crippen molar-refractivity contribution >= 4 is 57.4 Å². The lowest BCUT2D eigenvalue weighted by Gasteiger charge is -2.43. The minimum Gasteiger partial charge on any atom is -0.311 e. The van der Waals surface area contributed by atoms with E-state index in [1.165, 1.54) is 61.4 Å². The van der Waals surface area contributed by atoms with Crippen LogP contribution in [0.2, 0.25) is 0 Å². The van der Waals surface area contributed by atoms with Gasteiger partial charge in [0.15, 0.2) is 0 Å². The number of fused-ring (bicyclic) bond motifs is 5. The van der Waals surface area contributed by atoms with Crippen LogP contribution in [-0.4, -0.2) is 11.7 Å². The Balaban J connectivity index is 1.40. The third kappa shape index (κ3) is 4.59. The van der Waals surface area contributed by atoms with Crippen LogP contribution >= 0.6 is 0 Å². The van der Waals surface area contributed by atoms with E-state index < -0.39 is 0 Å². The Morgan fingerprint density at radius 1 is 0.583 bits per heavy atom. The molecule has 4 aromatic carbocycles. The van der Waals surface area contributed by atoms with Crippen molar-refractivity contribution in [1.29, 1.82) is 0 Å². The summed E-state index contributed by atoms with van der Waals surface area (Å²) in [6, 6.07) is 34.8. The van der Waals surface area contributed by atoms with Gasteiger partial charge in [-0.3, -0.25) is 4.90 Å². The molecule has 48 heavy (non-hydrogen) atoms. The maximum Gasteiger partial charge on any atom is 0.254 e. The van der Waals surface area contributed by atoms with Gasteiger partial charge in [0, 0.05) is 34.6 Å². The fraction of sp³-hybridized carbons (Fsp3) is 0.341. The molecule has 1 aliphatic carbocycles. The lowest BCUT2D eigenvalue weighted by atomic mass is 9.33. The lowest BCUT2D eigenvalue weighted by Crippen LogP contribution is -2.61. The molecule has 0 atom stereocenters. The second-order valence-electron chi connectivity index (χ2n) is 17.7. The van der Waals surface area contributed by atoms with Gasteiger partial charge in [-0.25, -0.2) is 4.98 Å². The Labute approximate surface area is 288 Å². The maximum atomic E-state index is 5.21. The predicted octanol–water partition coefficient (Wildman–Crippen LogP) is 9.72. The number of rotatable bonds is 2. The predicted molar refractivity (Wildman–Crippen MR) is 206 cm³/mol. The van der Waals surface area contributed by atoms with E-state index in [-0.39, 0.29) is 28.4 Å². The van der Waals surface area contributed by atoms with Crippen LogP contribution in [0.5, 0.6) is 0 Å². The summed E-state index contributed by atoms with van der Waals surface area (Å²) < 4.78 is 0. The minimum absolute atomic E-state index is 0.0253. The molecule has 5 aromatic rings. The SMILES string of the molecule is CC(C)(C)c1ccc(N2c3ccc(C(C)(C)C)cc3B3c4ccccc4N(c4ccc5c(c4)C(C)(C)CC5(C)C)c4ccnc2c43)cc1. The van der Waals surface area contributed by atoms with Crippen LogP contribution in [0.15, 0.2) is 97.2 Å². The first kappa shape index (κ1) is 31.0. The number of para-hydroxylation sites is 1. The summed E-state index contributed by atoms with van der Waals surface area (Å²) in [5.74, 6) is 1.01. The van der Waals surface area contributed by atoms with Crippen LogP contribution in [-0.2, 0) is 21.7 Å². The highest BCUT2D eigenvalue weighted by molar-refractivity contribution is 7.00. The fourth-order valence-corrected chi connectivity index (χ4v) is 8.98. The number of aromatic nitrogens is 1. The number of hydrogen-bond donors (Lipinski definition) is 0. The van der Waals surface area contributed by atoms with E-state index in [2.05, 4.69) is 170 Å². The summed E-state index contributed by atoms with van der Waals surface area (Å²) in [5.41, 5.74) is 16.0. The van der Waals surface area contributed by atoms with Crippen LogP contribution in [0, 0.1) is 0 Å². The number of anilines is 6. The van der Waals surface area contributed by atoms with Gasteiger partial charge >= 0.3 is 0 Å². The molecule has 0 spiro atoms. The van der Waals surface area contributed by atoms with Crippen LogP contribution in [0.25, 0.3) is 0 Å². The van der Waals surface area contributed by atoms with Crippen LogP contribution < -0.4 is 26.2 Å². The van der Waals surface area contributed by atoms with Crippen molar-refractivity contribution in [1.82, 2.24) is 4.98 Å². The van der Waals surface area contributed by atoms with Gasteiger partial charge in [0.25, 0.3) is 6.71 Å². The van der Waals surface area contributed by atoms with Crippen molar-refractivity contribution in [3.05, 3.63) is 119 Å². The molecule has 0 unspecified atom stereocenters. The van der Waals surface area contributed by atoms with Crippen molar-refractivity contribution in [2.75, 3.05) is 9.80 Å². The molecular weight excluding hydrogens is 581 g/mol. The number of benzene rings is 4. The van der Waals surface area contributed by atoms with Gasteiger partial charge in [-0.05, 0) is 109 Å². The zero-order valence-corrected chi connectivity index (χ0v) is 30.4. The highest BCUT2D eigenvalue weighted by Crippen LogP contribution is 2.51. The van der Waals surface area contributed by atoms with Gasteiger partial charge in [-0.2, -0.15) is 0 Å². The molecule has 8 rings (SSSR count). The van der Waals surface area contributed by atoms with Gasteiger partial charge < -0.3 is 4.90 Å². The normalized spacial score (nSPS) is 17.1. The van der Waals surface area contributed by atoms with Gasteiger partial charge in [0.05, 0.1) is 0 Å². The smallest absolute Gasteiger partial charge is 0.254 e. The highest BCUT2D eigenvalue weighted by Gasteiger charge is 2.46. The van der Waals surface area contributed by atoms with Crippen molar-refractivity contribution in [3.63, 3.8) is 0 Å². The molecule has 4 heteroatoms. The lowest BCUT2D eigenvalue weighted by molar-refractivity contribution is 0.403. The molecule has 0 saturated carbocycles. The molecule has 0 bridgehead atoms. The second kappa shape index (κ2) is 10.1. The molecule has 0 amide bonds. The standard InChI is InChI=1S/C44H48BN3/c1-41(2,3)28-15-18-30(19-16-28)48-37-22-17-29(42(4,5)6)25-35(37)45-34-13-11-12-14-36(34)47(38-23-24-46-40(48)39(38)45)31-20-21-32-33(26-31)44(9,10)27-43(32,7)8/h11-26H,27H2,1-10H3. The summed E-state index contributed by atoms with van der Waals surface area (Å²) in [4.78, 5) is 10.1. The van der Waals surface area contributed by atoms with Crippen molar-refractivity contribution in [2.24, 2.45) is 0 Å². The molecule has 242 valence electrons. The summed E-state index contributed by atoms with van der Waals surface area (Å²) in [6.45, 7) is 23.5. The third-order valence-electron chi connectivity index (χ3n) is 11.2. The van der Waals surface area contributed by atoms with Gasteiger partial charge in [0.2, 0.25) is 0 Å². The zero-order chi connectivity index (χ0) is 34.0. The summed E-state index contributed by atoms with van der Waals surface area (Å²) in [7, 11) is 0. The van der Waals surface area contributed by atoms with Crippen LogP contribution in [0.4, 0.5) is 34.3 Å². The Hall–Kier alpha value is -4.31. The Bertz CT molecular complexity index is 2090. The van der Waals surface area contributed by atoms with Gasteiger partial charge in [-0.15, -0.1) is 0 Å². The Kier molecular flexibility index (Phi) is 6.53. The zero-order valence-electron chi connectivity index (χ0n) is 30.4. The molecule has 2 aliphatic heterocycles. The molecule has 3 aliphatic rings. The van der Waals surface area contributed by atoms with Crippen LogP contribution in [0.1, 0.15) is 97.9 Å². The first-order valence-corrected chi connectivity index (χ1v) is 17.6. The van der Waals surface area contributed by atoms with Crippen molar-refractivity contribution < 1.29 is 0 Å². The minimum atomic E-state index is 0.0253. The van der Waals surface area contributed by atoms with Crippen molar-refractivity contribution in [2.45, 2.75) is 97.3 Å². The topological polar surface area (TPSA) is 19.4 Å². The average molecular weight is 630 g/mol. The molecule has 0 N–H and O–H groups in total. The summed E-state index contributed by atoms with van der Waals surface area (Å²) in [5, 5.41) is 0. The molecule has 0 fully saturated rings. The Morgan fingerprint density at radius 2 is 1.21 bits per heavy atom. The van der Waals surface area contributed by atoms with Crippen molar-refractivity contribution in [3.8, 4) is 0 Å². The van der Waals surface area contributed by atoms with Gasteiger partial charge in [-0.1, -0.05) is 118 Å². The van der Waals surface area contributed by atoms with E-state index in [1.807, 2.05) is 6.20 Å². The number of pyridine rings is 1. The molecule has 3 nitrogen and oxygen atoms in total. The second-order valence-corrected chi connectivity index (χ2v) is 17.7. The van der Waals surface area contributed by atoms with E-state index in [9.17, 15) is 0 Å². The van der Waals surface area contributed by atoms with E-state index in [1.54, 1.807) is 0 Å². The van der Waals surface area contributed by atoms with Crippen LogP contribution in [0.3, 0.4) is 0 Å². The molecule has 0 saturated heterocycles.